The molecular weight excluding hydrogens is 362 g/mol. The fraction of sp³-hybridized carbons (Fsp3) is 0.846. The molecule has 0 amide bonds. The second kappa shape index (κ2) is 11.2. The van der Waals surface area contributed by atoms with Gasteiger partial charge in [-0.05, 0) is 59.5 Å². The highest BCUT2D eigenvalue weighted by Crippen LogP contribution is 2.36. The first kappa shape index (κ1) is 29.9. The van der Waals surface area contributed by atoms with Gasteiger partial charge in [-0.1, -0.05) is 81.4 Å². The Morgan fingerprint density at radius 3 is 1.07 bits per heavy atom. The predicted molar refractivity (Wildman–Crippen MR) is 125 cm³/mol. The Hall–Kier alpha value is -0.270. The Labute approximate surface area is 185 Å². The Kier molecular flexibility index (Phi) is 12.0. The predicted octanol–water partition coefficient (Wildman–Crippen LogP) is 4.88. The number of nitrogens with zero attached hydrogens (tertiary/aromatic N) is 1. The summed E-state index contributed by atoms with van der Waals surface area (Å²) in [6.45, 7) is 25.8. The van der Waals surface area contributed by atoms with Gasteiger partial charge in [-0.25, -0.2) is 0 Å². The zero-order valence-corrected chi connectivity index (χ0v) is 22.1. The summed E-state index contributed by atoms with van der Waals surface area (Å²) in [5.74, 6) is 0. The van der Waals surface area contributed by atoms with Crippen LogP contribution >= 0.6 is 0 Å². The van der Waals surface area contributed by atoms with Crippen molar-refractivity contribution in [2.24, 2.45) is 21.7 Å². The lowest BCUT2D eigenvalue weighted by Crippen LogP contribution is -3.00. The Morgan fingerprint density at radius 2 is 0.821 bits per heavy atom. The molecule has 0 heterocycles. The van der Waals surface area contributed by atoms with Crippen LogP contribution in [0.2, 0.25) is 0 Å². The van der Waals surface area contributed by atoms with Crippen molar-refractivity contribution in [3.8, 4) is 0 Å². The highest BCUT2D eigenvalue weighted by atomic mass is 35.5. The van der Waals surface area contributed by atoms with E-state index in [0.717, 1.165) is 17.6 Å². The number of quaternary nitrogens is 1. The van der Waals surface area contributed by atoms with Gasteiger partial charge in [0.25, 0.3) is 0 Å². The van der Waals surface area contributed by atoms with Gasteiger partial charge in [-0.15, -0.1) is 0 Å². The van der Waals surface area contributed by atoms with E-state index in [-0.39, 0.29) is 12.4 Å². The summed E-state index contributed by atoms with van der Waals surface area (Å²) >= 11 is 0. The second-order valence-corrected chi connectivity index (χ2v) is 13.5. The van der Waals surface area contributed by atoms with Crippen molar-refractivity contribution >= 4 is 0 Å². The Bertz CT molecular complexity index is 438. The van der Waals surface area contributed by atoms with Gasteiger partial charge < -0.3 is 16.9 Å². The van der Waals surface area contributed by atoms with Crippen molar-refractivity contribution in [1.29, 1.82) is 0 Å². The van der Waals surface area contributed by atoms with Crippen molar-refractivity contribution < 1.29 is 16.9 Å². The van der Waals surface area contributed by atoms with Crippen LogP contribution in [0.15, 0.2) is 24.3 Å². The van der Waals surface area contributed by atoms with E-state index < -0.39 is 0 Å². The molecule has 0 radical (unpaired) electrons. The minimum absolute atomic E-state index is 0. The van der Waals surface area contributed by atoms with Gasteiger partial charge in [0.15, 0.2) is 0 Å². The van der Waals surface area contributed by atoms with Gasteiger partial charge in [0, 0.05) is 0 Å². The van der Waals surface area contributed by atoms with Crippen molar-refractivity contribution in [3.63, 3.8) is 0 Å². The summed E-state index contributed by atoms with van der Waals surface area (Å²) in [5.41, 5.74) is 1.56. The first-order valence-electron chi connectivity index (χ1n) is 10.9. The van der Waals surface area contributed by atoms with E-state index in [0.29, 0.717) is 21.7 Å². The van der Waals surface area contributed by atoms with Crippen LogP contribution in [0.4, 0.5) is 0 Å². The minimum atomic E-state index is 0. The zero-order chi connectivity index (χ0) is 21.6. The summed E-state index contributed by atoms with van der Waals surface area (Å²) in [5, 5.41) is 0. The van der Waals surface area contributed by atoms with Crippen molar-refractivity contribution in [2.75, 3.05) is 27.2 Å². The number of hydrogen-bond acceptors (Lipinski definition) is 0. The normalized spacial score (nSPS) is 14.7. The van der Waals surface area contributed by atoms with Crippen LogP contribution in [-0.4, -0.2) is 31.7 Å². The zero-order valence-electron chi connectivity index (χ0n) is 21.4. The van der Waals surface area contributed by atoms with Crippen LogP contribution < -0.4 is 12.4 Å². The molecule has 1 nitrogen and oxygen atoms in total. The first-order valence-corrected chi connectivity index (χ1v) is 10.9. The number of hydrogen-bond donors (Lipinski definition) is 0. The molecule has 0 aliphatic carbocycles. The maximum Gasteiger partial charge on any atom is 0.0972 e. The van der Waals surface area contributed by atoms with E-state index in [1.54, 1.807) is 0 Å². The van der Waals surface area contributed by atoms with Gasteiger partial charge in [0.05, 0.1) is 27.2 Å². The van der Waals surface area contributed by atoms with E-state index in [1.165, 1.54) is 25.7 Å². The minimum Gasteiger partial charge on any atom is -1.00 e. The van der Waals surface area contributed by atoms with Crippen LogP contribution in [0, 0.1) is 21.7 Å². The molecule has 0 aromatic rings. The second-order valence-electron chi connectivity index (χ2n) is 13.5. The van der Waals surface area contributed by atoms with Crippen molar-refractivity contribution in [1.82, 2.24) is 0 Å². The Morgan fingerprint density at radius 1 is 0.536 bits per heavy atom. The summed E-state index contributed by atoms with van der Waals surface area (Å²) < 4.78 is 1.02. The average molecular weight is 414 g/mol. The lowest BCUT2D eigenvalue weighted by molar-refractivity contribution is -0.878. The largest absolute Gasteiger partial charge is 1.00 e. The topological polar surface area (TPSA) is 0 Å². The number of likely N-dealkylation sites (N-methyl/N-ethyl adjacent to an activating group) is 1. The summed E-state index contributed by atoms with van der Waals surface area (Å²) in [6.07, 6.45) is 14.4. The van der Waals surface area contributed by atoms with Gasteiger partial charge in [0.2, 0.25) is 0 Å². The molecule has 0 aliphatic heterocycles. The van der Waals surface area contributed by atoms with Crippen LogP contribution in [0.3, 0.4) is 0 Å². The third-order valence-electron chi connectivity index (χ3n) is 4.89. The number of halogens is 1. The lowest BCUT2D eigenvalue weighted by Gasteiger charge is -2.32. The van der Waals surface area contributed by atoms with E-state index in [1.807, 2.05) is 0 Å². The lowest BCUT2D eigenvalue weighted by atomic mass is 9.74. The average Bonchev–Trinajstić information content (AvgIpc) is 2.34. The highest BCUT2D eigenvalue weighted by Gasteiger charge is 2.25. The molecule has 0 aromatic carbocycles. The van der Waals surface area contributed by atoms with Crippen molar-refractivity contribution in [2.45, 2.75) is 94.9 Å². The maximum absolute atomic E-state index is 2.40. The van der Waals surface area contributed by atoms with Gasteiger partial charge in [-0.2, -0.15) is 0 Å². The molecule has 0 saturated carbocycles. The smallest absolute Gasteiger partial charge is 0.0972 e. The highest BCUT2D eigenvalue weighted by molar-refractivity contribution is 4.91. The monoisotopic (exact) mass is 413 g/mol. The van der Waals surface area contributed by atoms with Gasteiger partial charge >= 0.3 is 0 Å². The van der Waals surface area contributed by atoms with Gasteiger partial charge in [-0.3, -0.25) is 0 Å². The van der Waals surface area contributed by atoms with E-state index in [4.69, 9.17) is 0 Å². The molecule has 2 heteroatoms. The molecule has 0 spiro atoms. The molecule has 168 valence electrons. The summed E-state index contributed by atoms with van der Waals surface area (Å²) in [6, 6.07) is 0. The third kappa shape index (κ3) is 17.8. The Balaban J connectivity index is 0. The molecule has 0 atom stereocenters. The molecule has 0 aromatic heterocycles. The fourth-order valence-electron chi connectivity index (χ4n) is 4.61. The van der Waals surface area contributed by atoms with Crippen molar-refractivity contribution in [3.05, 3.63) is 24.3 Å². The molecule has 0 aliphatic rings. The molecule has 0 N–H and O–H groups in total. The van der Waals surface area contributed by atoms with Crippen LogP contribution in [-0.2, 0) is 0 Å². The van der Waals surface area contributed by atoms with Crippen LogP contribution in [0.1, 0.15) is 94.9 Å². The summed E-state index contributed by atoms with van der Waals surface area (Å²) in [7, 11) is 4.66. The number of allylic oxidation sites excluding steroid dienone is 2. The third-order valence-corrected chi connectivity index (χ3v) is 4.89. The molecule has 0 fully saturated rings. The summed E-state index contributed by atoms with van der Waals surface area (Å²) in [4.78, 5) is 0. The standard InChI is InChI=1S/C26H52N.ClH/c1-23(2,3)21-25(7,8)17-13-15-19-27(11,12)20-16-14-18-26(9,10)22-24(4,5)6;/h13-16H,17-22H2,1-12H3;1H/q+1;/p-1. The molecule has 0 bridgehead atoms. The van der Waals surface area contributed by atoms with E-state index in [2.05, 4.69) is 108 Å². The molecule has 0 unspecified atom stereocenters. The SMILES string of the molecule is CC(C)(C)CC(C)(C)CC=CC[N+](C)(C)CC=CCC(C)(C)CC(C)(C)C.[Cl-]. The molecule has 28 heavy (non-hydrogen) atoms. The number of rotatable bonds is 10. The first-order chi connectivity index (χ1) is 11.8. The van der Waals surface area contributed by atoms with Crippen LogP contribution in [0.5, 0.6) is 0 Å². The quantitative estimate of drug-likeness (QED) is 0.353. The van der Waals surface area contributed by atoms with E-state index >= 15 is 0 Å². The van der Waals surface area contributed by atoms with Crippen LogP contribution in [0.25, 0.3) is 0 Å². The van der Waals surface area contributed by atoms with Gasteiger partial charge in [0.1, 0.15) is 0 Å². The molecular formula is C26H52ClN. The molecule has 0 saturated heterocycles. The molecule has 0 rings (SSSR count). The fourth-order valence-corrected chi connectivity index (χ4v) is 4.61. The maximum atomic E-state index is 2.40. The van der Waals surface area contributed by atoms with E-state index in [9.17, 15) is 0 Å².